The fourth-order valence-electron chi connectivity index (χ4n) is 2.61. The van der Waals surface area contributed by atoms with Gasteiger partial charge in [0.25, 0.3) is 5.56 Å². The zero-order chi connectivity index (χ0) is 15.5. The Kier molecular flexibility index (Phi) is 4.15. The van der Waals surface area contributed by atoms with Gasteiger partial charge in [-0.2, -0.15) is 0 Å². The Morgan fingerprint density at radius 1 is 1.41 bits per heavy atom. The molecule has 3 rings (SSSR count). The fourth-order valence-corrected chi connectivity index (χ4v) is 2.61. The predicted molar refractivity (Wildman–Crippen MR) is 82.7 cm³/mol. The highest BCUT2D eigenvalue weighted by Gasteiger charge is 2.25. The van der Waals surface area contributed by atoms with Crippen LogP contribution in [-0.4, -0.2) is 45.3 Å². The van der Waals surface area contributed by atoms with Crippen LogP contribution < -0.4 is 10.5 Å². The van der Waals surface area contributed by atoms with Gasteiger partial charge in [0.2, 0.25) is 5.95 Å². The second-order valence-corrected chi connectivity index (χ2v) is 5.26. The van der Waals surface area contributed by atoms with E-state index in [0.717, 1.165) is 13.0 Å². The number of nitrogens with zero attached hydrogens (tertiary/aromatic N) is 5. The summed E-state index contributed by atoms with van der Waals surface area (Å²) in [7, 11) is 1.75. The lowest BCUT2D eigenvalue weighted by molar-refractivity contribution is 0.0917. The monoisotopic (exact) mass is 301 g/mol. The zero-order valence-electron chi connectivity index (χ0n) is 12.8. The molecule has 7 nitrogen and oxygen atoms in total. The molecule has 0 aromatic carbocycles. The summed E-state index contributed by atoms with van der Waals surface area (Å²) in [5, 5.41) is 0. The summed E-state index contributed by atoms with van der Waals surface area (Å²) in [6.45, 7) is 4.14. The van der Waals surface area contributed by atoms with Crippen molar-refractivity contribution in [3.8, 4) is 11.4 Å². The molecule has 0 unspecified atom stereocenters. The van der Waals surface area contributed by atoms with Crippen molar-refractivity contribution in [3.63, 3.8) is 0 Å². The third kappa shape index (κ3) is 2.71. The minimum absolute atomic E-state index is 0.0973. The molecule has 2 aromatic heterocycles. The van der Waals surface area contributed by atoms with Crippen molar-refractivity contribution in [1.29, 1.82) is 0 Å². The van der Waals surface area contributed by atoms with Crippen molar-refractivity contribution in [2.75, 3.05) is 24.7 Å². The van der Waals surface area contributed by atoms with Gasteiger partial charge in [-0.1, -0.05) is 6.92 Å². The second kappa shape index (κ2) is 6.23. The maximum absolute atomic E-state index is 12.3. The number of rotatable bonds is 3. The summed E-state index contributed by atoms with van der Waals surface area (Å²) >= 11 is 0. The van der Waals surface area contributed by atoms with Crippen molar-refractivity contribution in [2.24, 2.45) is 7.05 Å². The number of hydrogen-bond donors (Lipinski definition) is 0. The first-order valence-corrected chi connectivity index (χ1v) is 7.39. The largest absolute Gasteiger partial charge is 0.377 e. The van der Waals surface area contributed by atoms with Crippen molar-refractivity contribution in [1.82, 2.24) is 19.5 Å². The van der Waals surface area contributed by atoms with Crippen LogP contribution in [0.1, 0.15) is 13.3 Å². The van der Waals surface area contributed by atoms with Gasteiger partial charge in [-0.05, 0) is 12.5 Å². The fraction of sp³-hybridized carbons (Fsp3) is 0.467. The van der Waals surface area contributed by atoms with Crippen molar-refractivity contribution in [3.05, 3.63) is 35.0 Å². The summed E-state index contributed by atoms with van der Waals surface area (Å²) in [6, 6.07) is 3.49. The van der Waals surface area contributed by atoms with E-state index in [1.54, 1.807) is 23.9 Å². The Morgan fingerprint density at radius 2 is 2.27 bits per heavy atom. The van der Waals surface area contributed by atoms with Gasteiger partial charge in [0.15, 0.2) is 0 Å². The smallest absolute Gasteiger partial charge is 0.255 e. The summed E-state index contributed by atoms with van der Waals surface area (Å²) in [5.74, 6) is 0.663. The van der Waals surface area contributed by atoms with Gasteiger partial charge >= 0.3 is 0 Å². The molecular formula is C15H19N5O2. The lowest BCUT2D eigenvalue weighted by Gasteiger charge is -2.36. The molecule has 1 atom stereocenters. The van der Waals surface area contributed by atoms with Crippen LogP contribution in [0.4, 0.5) is 5.95 Å². The van der Waals surface area contributed by atoms with E-state index in [2.05, 4.69) is 26.8 Å². The van der Waals surface area contributed by atoms with Gasteiger partial charge < -0.3 is 9.64 Å². The van der Waals surface area contributed by atoms with Gasteiger partial charge in [-0.3, -0.25) is 9.36 Å². The molecule has 3 heterocycles. The molecule has 0 N–H and O–H groups in total. The van der Waals surface area contributed by atoms with Gasteiger partial charge in [0, 0.05) is 25.9 Å². The normalized spacial score (nSPS) is 18.5. The number of morpholine rings is 1. The van der Waals surface area contributed by atoms with E-state index < -0.39 is 0 Å². The molecule has 0 aliphatic carbocycles. The van der Waals surface area contributed by atoms with E-state index in [4.69, 9.17) is 4.74 Å². The van der Waals surface area contributed by atoms with Crippen LogP contribution in [0, 0.1) is 0 Å². The van der Waals surface area contributed by atoms with E-state index in [0.29, 0.717) is 30.5 Å². The van der Waals surface area contributed by atoms with Crippen molar-refractivity contribution in [2.45, 2.75) is 19.4 Å². The summed E-state index contributed by atoms with van der Waals surface area (Å²) in [6.07, 6.45) is 4.04. The molecule has 1 fully saturated rings. The predicted octanol–water partition coefficient (Wildman–Crippen LogP) is 0.852. The zero-order valence-corrected chi connectivity index (χ0v) is 12.8. The molecule has 1 aliphatic rings. The summed E-state index contributed by atoms with van der Waals surface area (Å²) < 4.78 is 7.11. The highest BCUT2D eigenvalue weighted by Crippen LogP contribution is 2.20. The Morgan fingerprint density at radius 3 is 3.00 bits per heavy atom. The topological polar surface area (TPSA) is 73.1 Å². The molecule has 2 aromatic rings. The minimum atomic E-state index is -0.0973. The van der Waals surface area contributed by atoms with E-state index in [1.807, 2.05) is 0 Å². The maximum Gasteiger partial charge on any atom is 0.255 e. The molecule has 22 heavy (non-hydrogen) atoms. The van der Waals surface area contributed by atoms with Crippen molar-refractivity contribution >= 4 is 5.95 Å². The molecule has 1 aliphatic heterocycles. The number of aromatic nitrogens is 4. The van der Waals surface area contributed by atoms with E-state index in [-0.39, 0.29) is 11.6 Å². The number of ether oxygens (including phenoxy) is 1. The molecule has 7 heteroatoms. The molecule has 116 valence electrons. The second-order valence-electron chi connectivity index (χ2n) is 5.26. The first-order chi connectivity index (χ1) is 10.7. The summed E-state index contributed by atoms with van der Waals surface area (Å²) in [4.78, 5) is 27.2. The van der Waals surface area contributed by atoms with Gasteiger partial charge in [-0.15, -0.1) is 0 Å². The van der Waals surface area contributed by atoms with Crippen LogP contribution in [-0.2, 0) is 11.8 Å². The highest BCUT2D eigenvalue weighted by molar-refractivity contribution is 5.55. The Bertz CT molecular complexity index is 701. The molecule has 1 saturated heterocycles. The Labute approximate surface area is 128 Å². The molecule has 0 saturated carbocycles. The third-order valence-electron chi connectivity index (χ3n) is 3.91. The third-order valence-corrected chi connectivity index (χ3v) is 3.91. The Balaban J connectivity index is 2.07. The van der Waals surface area contributed by atoms with Crippen LogP contribution in [0.25, 0.3) is 11.4 Å². The van der Waals surface area contributed by atoms with Crippen LogP contribution in [0.15, 0.2) is 29.5 Å². The quantitative estimate of drug-likeness (QED) is 0.837. The van der Waals surface area contributed by atoms with Gasteiger partial charge in [-0.25, -0.2) is 15.0 Å². The van der Waals surface area contributed by atoms with Gasteiger partial charge in [0.05, 0.1) is 30.6 Å². The van der Waals surface area contributed by atoms with Crippen LogP contribution in [0.5, 0.6) is 0 Å². The first kappa shape index (κ1) is 14.6. The molecular weight excluding hydrogens is 282 g/mol. The first-order valence-electron chi connectivity index (χ1n) is 7.39. The minimum Gasteiger partial charge on any atom is -0.377 e. The maximum atomic E-state index is 12.3. The lowest BCUT2D eigenvalue weighted by Crippen LogP contribution is -2.47. The van der Waals surface area contributed by atoms with Crippen LogP contribution >= 0.6 is 0 Å². The highest BCUT2D eigenvalue weighted by atomic mass is 16.5. The average Bonchev–Trinajstić information content (AvgIpc) is 2.58. The molecule has 0 spiro atoms. The number of anilines is 1. The standard InChI is InChI=1S/C15H19N5O2/c1-3-11-9-22-7-6-20(11)15-18-13(8-14(21)19(15)2)12-4-5-16-10-17-12/h4-5,8,10-11H,3,6-7,9H2,1-2H3/t11-/m0/s1. The van der Waals surface area contributed by atoms with Crippen molar-refractivity contribution < 1.29 is 4.74 Å². The molecule has 0 amide bonds. The lowest BCUT2D eigenvalue weighted by atomic mass is 10.2. The van der Waals surface area contributed by atoms with E-state index >= 15 is 0 Å². The number of hydrogen-bond acceptors (Lipinski definition) is 6. The SMILES string of the molecule is CC[C@H]1COCCN1c1nc(-c2ccncn2)cc(=O)n1C. The van der Waals surface area contributed by atoms with Crippen LogP contribution in [0.2, 0.25) is 0 Å². The average molecular weight is 301 g/mol. The van der Waals surface area contributed by atoms with Gasteiger partial charge in [0.1, 0.15) is 6.33 Å². The van der Waals surface area contributed by atoms with E-state index in [9.17, 15) is 4.79 Å². The molecule has 0 bridgehead atoms. The van der Waals surface area contributed by atoms with Crippen LogP contribution in [0.3, 0.4) is 0 Å². The Hall–Kier alpha value is -2.28. The molecule has 0 radical (unpaired) electrons. The van der Waals surface area contributed by atoms with E-state index in [1.165, 1.54) is 12.4 Å². The summed E-state index contributed by atoms with van der Waals surface area (Å²) in [5.41, 5.74) is 1.12.